The Morgan fingerprint density at radius 3 is 2.00 bits per heavy atom. The number of alkyl carbamates (subject to hydrolysis) is 1. The first-order valence-electron chi connectivity index (χ1n) is 5.38. The first kappa shape index (κ1) is 14.2. The Balaban J connectivity index is 4.25. The van der Waals surface area contributed by atoms with Gasteiger partial charge in [-0.25, -0.2) is 4.79 Å². The Morgan fingerprint density at radius 2 is 1.73 bits per heavy atom. The fourth-order valence-corrected chi connectivity index (χ4v) is 1.35. The third kappa shape index (κ3) is 6.33. The fourth-order valence-electron chi connectivity index (χ4n) is 1.35. The number of amides is 1. The molecule has 0 radical (unpaired) electrons. The highest BCUT2D eigenvalue weighted by Crippen LogP contribution is 2.09. The molecule has 0 rings (SSSR count). The normalized spacial score (nSPS) is 16.0. The van der Waals surface area contributed by atoms with E-state index in [2.05, 4.69) is 5.32 Å². The summed E-state index contributed by atoms with van der Waals surface area (Å²) in [6.07, 6.45) is -0.404. The molecule has 0 unspecified atom stereocenters. The van der Waals surface area contributed by atoms with E-state index in [1.165, 1.54) is 0 Å². The van der Waals surface area contributed by atoms with E-state index in [0.29, 0.717) is 0 Å². The van der Waals surface area contributed by atoms with Crippen molar-refractivity contribution < 1.29 is 9.53 Å². The Hall–Kier alpha value is -0.770. The van der Waals surface area contributed by atoms with Crippen LogP contribution in [0, 0.1) is 5.92 Å². The minimum absolute atomic E-state index is 0.0557. The molecule has 90 valence electrons. The molecule has 0 saturated carbocycles. The molecule has 0 aromatic rings. The lowest BCUT2D eigenvalue weighted by Crippen LogP contribution is -2.50. The van der Waals surface area contributed by atoms with Gasteiger partial charge in [0, 0.05) is 12.1 Å². The molecule has 2 atom stereocenters. The van der Waals surface area contributed by atoms with E-state index in [1.807, 2.05) is 41.5 Å². The average molecular weight is 216 g/mol. The summed E-state index contributed by atoms with van der Waals surface area (Å²) < 4.78 is 5.16. The summed E-state index contributed by atoms with van der Waals surface area (Å²) in [4.78, 5) is 11.5. The minimum atomic E-state index is -0.469. The fraction of sp³-hybridized carbons (Fsp3) is 0.909. The molecule has 4 heteroatoms. The SMILES string of the molecule is CC(C)[C@H](NC(=O)OC(C)(C)C)[C@H](C)N. The summed E-state index contributed by atoms with van der Waals surface area (Å²) in [5.41, 5.74) is 5.31. The summed E-state index contributed by atoms with van der Waals surface area (Å²) >= 11 is 0. The van der Waals surface area contributed by atoms with Gasteiger partial charge in [-0.3, -0.25) is 0 Å². The Labute approximate surface area is 92.6 Å². The van der Waals surface area contributed by atoms with Crippen LogP contribution in [0.4, 0.5) is 4.79 Å². The maximum atomic E-state index is 11.5. The molecule has 0 saturated heterocycles. The van der Waals surface area contributed by atoms with Crippen molar-refractivity contribution in [2.45, 2.75) is 59.2 Å². The van der Waals surface area contributed by atoms with Crippen LogP contribution in [0.1, 0.15) is 41.5 Å². The lowest BCUT2D eigenvalue weighted by Gasteiger charge is -2.28. The molecule has 0 aromatic carbocycles. The first-order valence-corrected chi connectivity index (χ1v) is 5.38. The zero-order chi connectivity index (χ0) is 12.2. The van der Waals surface area contributed by atoms with E-state index in [-0.39, 0.29) is 18.0 Å². The van der Waals surface area contributed by atoms with Crippen molar-refractivity contribution >= 4 is 6.09 Å². The monoisotopic (exact) mass is 216 g/mol. The van der Waals surface area contributed by atoms with E-state index in [0.717, 1.165) is 0 Å². The lowest BCUT2D eigenvalue weighted by atomic mass is 9.98. The number of carbonyl (C=O) groups excluding carboxylic acids is 1. The van der Waals surface area contributed by atoms with Gasteiger partial charge in [0.15, 0.2) is 0 Å². The highest BCUT2D eigenvalue weighted by molar-refractivity contribution is 5.68. The summed E-state index contributed by atoms with van der Waals surface area (Å²) in [6, 6.07) is -0.141. The summed E-state index contributed by atoms with van der Waals surface area (Å²) in [6.45, 7) is 11.4. The molecule has 15 heavy (non-hydrogen) atoms. The average Bonchev–Trinajstić information content (AvgIpc) is 1.95. The number of carbonyl (C=O) groups is 1. The van der Waals surface area contributed by atoms with E-state index in [9.17, 15) is 4.79 Å². The Bertz CT molecular complexity index is 199. The standard InChI is InChI=1S/C11H24N2O2/c1-7(2)9(8(3)12)13-10(14)15-11(4,5)6/h7-9H,12H2,1-6H3,(H,13,14)/t8-,9-/m0/s1. The smallest absolute Gasteiger partial charge is 0.407 e. The second-order valence-electron chi connectivity index (χ2n) is 5.28. The van der Waals surface area contributed by atoms with Crippen molar-refractivity contribution in [3.63, 3.8) is 0 Å². The highest BCUT2D eigenvalue weighted by Gasteiger charge is 2.23. The maximum Gasteiger partial charge on any atom is 0.407 e. The van der Waals surface area contributed by atoms with Crippen LogP contribution in [0.15, 0.2) is 0 Å². The zero-order valence-electron chi connectivity index (χ0n) is 10.6. The Morgan fingerprint density at radius 1 is 1.27 bits per heavy atom. The molecule has 3 N–H and O–H groups in total. The lowest BCUT2D eigenvalue weighted by molar-refractivity contribution is 0.0482. The van der Waals surface area contributed by atoms with Crippen LogP contribution in [0.2, 0.25) is 0 Å². The third-order valence-corrected chi connectivity index (χ3v) is 1.97. The van der Waals surface area contributed by atoms with Crippen LogP contribution in [0.5, 0.6) is 0 Å². The first-order chi connectivity index (χ1) is 6.63. The molecule has 0 aliphatic carbocycles. The van der Waals surface area contributed by atoms with Crippen LogP contribution in [0.3, 0.4) is 0 Å². The van der Waals surface area contributed by atoms with E-state index >= 15 is 0 Å². The van der Waals surface area contributed by atoms with Gasteiger partial charge in [0.05, 0.1) is 0 Å². The molecule has 0 fully saturated rings. The maximum absolute atomic E-state index is 11.5. The largest absolute Gasteiger partial charge is 0.444 e. The van der Waals surface area contributed by atoms with Gasteiger partial charge in [0.2, 0.25) is 0 Å². The van der Waals surface area contributed by atoms with Crippen molar-refractivity contribution in [1.82, 2.24) is 5.32 Å². The van der Waals surface area contributed by atoms with Crippen LogP contribution < -0.4 is 11.1 Å². The minimum Gasteiger partial charge on any atom is -0.444 e. The number of nitrogens with one attached hydrogen (secondary N) is 1. The van der Waals surface area contributed by atoms with Crippen molar-refractivity contribution in [3.8, 4) is 0 Å². The number of hydrogen-bond donors (Lipinski definition) is 2. The topological polar surface area (TPSA) is 64.3 Å². The van der Waals surface area contributed by atoms with E-state index < -0.39 is 11.7 Å². The van der Waals surface area contributed by atoms with Gasteiger partial charge in [-0.05, 0) is 33.6 Å². The molecule has 4 nitrogen and oxygen atoms in total. The second-order valence-corrected chi connectivity index (χ2v) is 5.28. The molecule has 0 spiro atoms. The van der Waals surface area contributed by atoms with Crippen molar-refractivity contribution in [1.29, 1.82) is 0 Å². The number of nitrogens with two attached hydrogens (primary N) is 1. The van der Waals surface area contributed by atoms with Gasteiger partial charge in [-0.1, -0.05) is 13.8 Å². The van der Waals surface area contributed by atoms with Gasteiger partial charge in [0.25, 0.3) is 0 Å². The molecular weight excluding hydrogens is 192 g/mol. The van der Waals surface area contributed by atoms with Crippen LogP contribution in [-0.2, 0) is 4.74 Å². The third-order valence-electron chi connectivity index (χ3n) is 1.97. The van der Waals surface area contributed by atoms with E-state index in [4.69, 9.17) is 10.5 Å². The van der Waals surface area contributed by atoms with Gasteiger partial charge >= 0.3 is 6.09 Å². The van der Waals surface area contributed by atoms with Crippen molar-refractivity contribution in [2.24, 2.45) is 11.7 Å². The number of hydrogen-bond acceptors (Lipinski definition) is 3. The number of ether oxygens (including phenoxy) is 1. The Kier molecular flexibility index (Phi) is 5.08. The molecule has 0 bridgehead atoms. The summed E-state index contributed by atoms with van der Waals surface area (Å²) in [5, 5.41) is 2.79. The van der Waals surface area contributed by atoms with Crippen molar-refractivity contribution in [2.75, 3.05) is 0 Å². The number of rotatable bonds is 3. The molecule has 1 amide bonds. The molecule has 0 aromatic heterocycles. The van der Waals surface area contributed by atoms with E-state index in [1.54, 1.807) is 0 Å². The van der Waals surface area contributed by atoms with Crippen molar-refractivity contribution in [3.05, 3.63) is 0 Å². The summed E-state index contributed by atoms with van der Waals surface area (Å²) in [7, 11) is 0. The predicted molar refractivity (Wildman–Crippen MR) is 61.6 cm³/mol. The quantitative estimate of drug-likeness (QED) is 0.757. The predicted octanol–water partition coefficient (Wildman–Crippen LogP) is 1.88. The van der Waals surface area contributed by atoms with Gasteiger partial charge in [0.1, 0.15) is 5.60 Å². The van der Waals surface area contributed by atoms with Crippen LogP contribution in [-0.4, -0.2) is 23.8 Å². The molecular formula is C11H24N2O2. The molecule has 0 aliphatic heterocycles. The highest BCUT2D eigenvalue weighted by atomic mass is 16.6. The summed E-state index contributed by atoms with van der Waals surface area (Å²) in [5.74, 6) is 0.289. The zero-order valence-corrected chi connectivity index (χ0v) is 10.6. The van der Waals surface area contributed by atoms with Gasteiger partial charge in [-0.15, -0.1) is 0 Å². The van der Waals surface area contributed by atoms with Gasteiger partial charge in [-0.2, -0.15) is 0 Å². The van der Waals surface area contributed by atoms with Crippen LogP contribution >= 0.6 is 0 Å². The van der Waals surface area contributed by atoms with Gasteiger partial charge < -0.3 is 15.8 Å². The molecule has 0 aliphatic rings. The van der Waals surface area contributed by atoms with Crippen LogP contribution in [0.25, 0.3) is 0 Å². The second kappa shape index (κ2) is 5.35. The molecule has 0 heterocycles.